The van der Waals surface area contributed by atoms with E-state index in [4.69, 9.17) is 10.1 Å². The number of anilines is 1. The molecule has 11 heteroatoms. The zero-order valence-electron chi connectivity index (χ0n) is 20.7. The summed E-state index contributed by atoms with van der Waals surface area (Å²) in [5, 5.41) is 10.3. The summed E-state index contributed by atoms with van der Waals surface area (Å²) < 4.78 is 19.3. The molecular weight excluding hydrogens is 482 g/mol. The Balaban J connectivity index is 1.66. The first-order chi connectivity index (χ1) is 17.7. The van der Waals surface area contributed by atoms with Gasteiger partial charge in [-0.2, -0.15) is 0 Å². The number of hydrogen-bond acceptors (Lipinski definition) is 9. The van der Waals surface area contributed by atoms with E-state index >= 15 is 0 Å². The number of rotatable bonds is 9. The van der Waals surface area contributed by atoms with Crippen LogP contribution in [0.3, 0.4) is 0 Å². The van der Waals surface area contributed by atoms with Crippen molar-refractivity contribution in [2.24, 2.45) is 0 Å². The van der Waals surface area contributed by atoms with E-state index in [9.17, 15) is 19.2 Å². The van der Waals surface area contributed by atoms with E-state index in [1.165, 1.54) is 21.1 Å². The molecule has 37 heavy (non-hydrogen) atoms. The molecule has 3 rings (SSSR count). The van der Waals surface area contributed by atoms with E-state index in [2.05, 4.69) is 19.5 Å². The smallest absolute Gasteiger partial charge is 0.415 e. The number of alkyl carbamates (subject to hydrolysis) is 1. The van der Waals surface area contributed by atoms with Crippen LogP contribution in [0.15, 0.2) is 54.3 Å². The molecular formula is C26H27N3O8. The van der Waals surface area contributed by atoms with E-state index in [-0.39, 0.29) is 30.7 Å². The molecule has 1 heterocycles. The molecule has 11 nitrogen and oxygen atoms in total. The number of nitrogens with one attached hydrogen (secondary N) is 2. The average Bonchev–Trinajstić information content (AvgIpc) is 3.23. The van der Waals surface area contributed by atoms with Crippen molar-refractivity contribution in [1.82, 2.24) is 5.32 Å². The van der Waals surface area contributed by atoms with Gasteiger partial charge < -0.3 is 23.8 Å². The molecule has 2 N–H and O–H groups in total. The molecule has 0 radical (unpaired) electrons. The van der Waals surface area contributed by atoms with Crippen LogP contribution < -0.4 is 10.2 Å². The highest BCUT2D eigenvalue weighted by atomic mass is 16.7. The maximum absolute atomic E-state index is 13.3. The van der Waals surface area contributed by atoms with Gasteiger partial charge >= 0.3 is 18.0 Å². The molecule has 1 aliphatic heterocycles. The standard InChI is InChI=1S/C26H27N3O8/c1-16(30)36-15-37-26(33)28-24(27)19-9-11-20(12-10-19)29-14-21(34-2)23(25(29)32)18-7-4-17(5-8-18)6-13-22(31)35-3/h4-5,7-12H,6,13-15H2,1-3H3,(H2,27,28,33). The summed E-state index contributed by atoms with van der Waals surface area (Å²) in [6.45, 7) is 0.847. The maximum Gasteiger partial charge on any atom is 0.415 e. The van der Waals surface area contributed by atoms with Gasteiger partial charge in [-0.05, 0) is 41.8 Å². The number of benzene rings is 2. The minimum absolute atomic E-state index is 0.226. The largest absolute Gasteiger partial charge is 0.498 e. The van der Waals surface area contributed by atoms with Crippen molar-refractivity contribution in [2.45, 2.75) is 19.8 Å². The lowest BCUT2D eigenvalue weighted by molar-refractivity contribution is -0.149. The molecule has 0 unspecified atom stereocenters. The van der Waals surface area contributed by atoms with Gasteiger partial charge in [0.25, 0.3) is 5.91 Å². The number of esters is 2. The summed E-state index contributed by atoms with van der Waals surface area (Å²) in [5.74, 6) is -0.839. The van der Waals surface area contributed by atoms with Gasteiger partial charge in [0.15, 0.2) is 0 Å². The lowest BCUT2D eigenvalue weighted by Crippen LogP contribution is -2.32. The summed E-state index contributed by atoms with van der Waals surface area (Å²) in [6.07, 6.45) is -0.143. The van der Waals surface area contributed by atoms with E-state index < -0.39 is 18.9 Å². The highest BCUT2D eigenvalue weighted by Crippen LogP contribution is 2.32. The Bertz CT molecular complexity index is 1220. The Hall–Kier alpha value is -4.67. The fourth-order valence-corrected chi connectivity index (χ4v) is 3.58. The zero-order chi connectivity index (χ0) is 26.9. The van der Waals surface area contributed by atoms with Crippen LogP contribution in [-0.4, -0.2) is 57.3 Å². The summed E-state index contributed by atoms with van der Waals surface area (Å²) in [6, 6.07) is 13.8. The molecule has 0 saturated carbocycles. The molecule has 0 saturated heterocycles. The van der Waals surface area contributed by atoms with Gasteiger partial charge in [0, 0.05) is 24.6 Å². The maximum atomic E-state index is 13.3. The van der Waals surface area contributed by atoms with Crippen LogP contribution in [0.1, 0.15) is 30.0 Å². The fraction of sp³-hybridized carbons (Fsp3) is 0.269. The third-order valence-corrected chi connectivity index (χ3v) is 5.52. The van der Waals surface area contributed by atoms with E-state index in [1.807, 2.05) is 24.3 Å². The van der Waals surface area contributed by atoms with Crippen LogP contribution in [-0.2, 0) is 39.8 Å². The first-order valence-electron chi connectivity index (χ1n) is 11.2. The molecule has 2 amide bonds. The molecule has 2 aromatic carbocycles. The molecule has 1 aliphatic rings. The van der Waals surface area contributed by atoms with Crippen LogP contribution in [0.2, 0.25) is 0 Å². The van der Waals surface area contributed by atoms with Crippen molar-refractivity contribution in [3.8, 4) is 0 Å². The third kappa shape index (κ3) is 6.94. The summed E-state index contributed by atoms with van der Waals surface area (Å²) in [5.41, 5.74) is 3.04. The molecule has 2 aromatic rings. The van der Waals surface area contributed by atoms with Crippen molar-refractivity contribution in [1.29, 1.82) is 5.41 Å². The van der Waals surface area contributed by atoms with Crippen molar-refractivity contribution in [2.75, 3.05) is 32.5 Å². The van der Waals surface area contributed by atoms with Gasteiger partial charge in [-0.25, -0.2) is 4.79 Å². The Labute approximate surface area is 213 Å². The predicted octanol–water partition coefficient (Wildman–Crippen LogP) is 2.77. The quantitative estimate of drug-likeness (QED) is 0.227. The van der Waals surface area contributed by atoms with Crippen molar-refractivity contribution < 1.29 is 38.1 Å². The monoisotopic (exact) mass is 509 g/mol. The minimum atomic E-state index is -0.944. The number of ether oxygens (including phenoxy) is 4. The topological polar surface area (TPSA) is 144 Å². The van der Waals surface area contributed by atoms with Crippen LogP contribution in [0, 0.1) is 5.41 Å². The first-order valence-corrected chi connectivity index (χ1v) is 11.2. The molecule has 0 atom stereocenters. The van der Waals surface area contributed by atoms with Crippen molar-refractivity contribution in [3.63, 3.8) is 0 Å². The van der Waals surface area contributed by atoms with Gasteiger partial charge in [-0.3, -0.25) is 25.1 Å². The molecule has 194 valence electrons. The van der Waals surface area contributed by atoms with Gasteiger partial charge in [-0.15, -0.1) is 0 Å². The van der Waals surface area contributed by atoms with Crippen LogP contribution in [0.5, 0.6) is 0 Å². The second-order valence-corrected chi connectivity index (χ2v) is 7.90. The second-order valence-electron chi connectivity index (χ2n) is 7.90. The molecule has 0 fully saturated rings. The van der Waals surface area contributed by atoms with Crippen molar-refractivity contribution in [3.05, 3.63) is 71.0 Å². The van der Waals surface area contributed by atoms with Gasteiger partial charge in [0.05, 0.1) is 26.3 Å². The van der Waals surface area contributed by atoms with Crippen LogP contribution in [0.4, 0.5) is 10.5 Å². The van der Waals surface area contributed by atoms with E-state index in [1.54, 1.807) is 29.2 Å². The van der Waals surface area contributed by atoms with Crippen molar-refractivity contribution >= 4 is 41.0 Å². The Morgan fingerprint density at radius 1 is 1.00 bits per heavy atom. The van der Waals surface area contributed by atoms with Gasteiger partial charge in [-0.1, -0.05) is 24.3 Å². The van der Waals surface area contributed by atoms with Gasteiger partial charge in [0.2, 0.25) is 6.79 Å². The lowest BCUT2D eigenvalue weighted by atomic mass is 10.0. The number of hydrogen-bond donors (Lipinski definition) is 2. The molecule has 0 aromatic heterocycles. The number of carbonyl (C=O) groups is 4. The Morgan fingerprint density at radius 2 is 1.68 bits per heavy atom. The van der Waals surface area contributed by atoms with E-state index in [0.717, 1.165) is 5.56 Å². The molecule has 0 bridgehead atoms. The Kier molecular flexibility index (Phi) is 8.98. The van der Waals surface area contributed by atoms with Gasteiger partial charge in [0.1, 0.15) is 11.6 Å². The second kappa shape index (κ2) is 12.3. The number of amidine groups is 1. The molecule has 0 aliphatic carbocycles. The summed E-state index contributed by atoms with van der Waals surface area (Å²) >= 11 is 0. The van der Waals surface area contributed by atoms with Crippen LogP contribution >= 0.6 is 0 Å². The fourth-order valence-electron chi connectivity index (χ4n) is 3.58. The highest BCUT2D eigenvalue weighted by Gasteiger charge is 2.33. The van der Waals surface area contributed by atoms with Crippen LogP contribution in [0.25, 0.3) is 5.57 Å². The summed E-state index contributed by atoms with van der Waals surface area (Å²) in [4.78, 5) is 48.6. The third-order valence-electron chi connectivity index (χ3n) is 5.52. The minimum Gasteiger partial charge on any atom is -0.498 e. The number of carbonyl (C=O) groups excluding carboxylic acids is 4. The first kappa shape index (κ1) is 26.9. The number of nitrogens with zero attached hydrogens (tertiary/aromatic N) is 1. The highest BCUT2D eigenvalue weighted by molar-refractivity contribution is 6.29. The number of methoxy groups -OCH3 is 2. The number of aryl methyl sites for hydroxylation is 1. The zero-order valence-corrected chi connectivity index (χ0v) is 20.7. The van der Waals surface area contributed by atoms with E-state index in [0.29, 0.717) is 34.6 Å². The SMILES string of the molecule is COC(=O)CCc1ccc(C2=C(OC)CN(c3ccc(C(=N)NC(=O)OCOC(C)=O)cc3)C2=O)cc1. The normalized spacial score (nSPS) is 12.7. The molecule has 0 spiro atoms. The Morgan fingerprint density at radius 3 is 2.27 bits per heavy atom. The lowest BCUT2D eigenvalue weighted by Gasteiger charge is -2.17. The summed E-state index contributed by atoms with van der Waals surface area (Å²) in [7, 11) is 2.86. The number of amides is 2. The average molecular weight is 510 g/mol. The predicted molar refractivity (Wildman–Crippen MR) is 133 cm³/mol.